The molecule has 2 N–H and O–H groups in total. The molecule has 2 aliphatic heterocycles. The number of phenolic OH excluding ortho intramolecular Hbond substituents is 1. The third-order valence-corrected chi connectivity index (χ3v) is 5.68. The highest BCUT2D eigenvalue weighted by molar-refractivity contribution is 6.08. The molecule has 2 heterocycles. The molecule has 4 rings (SSSR count). The van der Waals surface area contributed by atoms with Crippen molar-refractivity contribution in [2.24, 2.45) is 5.92 Å². The molecule has 128 valence electrons. The minimum absolute atomic E-state index is 0.0442. The van der Waals surface area contributed by atoms with Gasteiger partial charge in [0.1, 0.15) is 11.8 Å². The number of hydrazine groups is 1. The molecule has 2 amide bonds. The zero-order chi connectivity index (χ0) is 16.8. The summed E-state index contributed by atoms with van der Waals surface area (Å²) in [6.07, 6.45) is 5.16. The van der Waals surface area contributed by atoms with Crippen molar-refractivity contribution < 1.29 is 14.7 Å². The van der Waals surface area contributed by atoms with Crippen LogP contribution in [0.5, 0.6) is 5.75 Å². The van der Waals surface area contributed by atoms with Crippen LogP contribution in [0.1, 0.15) is 43.7 Å². The second-order valence-corrected chi connectivity index (χ2v) is 7.09. The first-order valence-electron chi connectivity index (χ1n) is 8.73. The van der Waals surface area contributed by atoms with Gasteiger partial charge in [-0.3, -0.25) is 14.5 Å². The molecule has 2 saturated heterocycles. The van der Waals surface area contributed by atoms with Crippen LogP contribution in [0.2, 0.25) is 0 Å². The van der Waals surface area contributed by atoms with Crippen LogP contribution in [-0.2, 0) is 9.59 Å². The van der Waals surface area contributed by atoms with E-state index in [0.29, 0.717) is 5.56 Å². The Morgan fingerprint density at radius 3 is 2.50 bits per heavy atom. The number of likely N-dealkylation sites (tertiary alicyclic amines) is 1. The van der Waals surface area contributed by atoms with Gasteiger partial charge < -0.3 is 5.11 Å². The molecule has 1 saturated carbocycles. The monoisotopic (exact) mass is 329 g/mol. The van der Waals surface area contributed by atoms with Gasteiger partial charge in [-0.15, -0.1) is 0 Å². The van der Waals surface area contributed by atoms with Crippen molar-refractivity contribution in [1.82, 2.24) is 15.3 Å². The Kier molecular flexibility index (Phi) is 3.81. The lowest BCUT2D eigenvalue weighted by Gasteiger charge is -2.31. The molecule has 0 radical (unpaired) electrons. The number of nitrogens with zero attached hydrogens (tertiary/aromatic N) is 2. The van der Waals surface area contributed by atoms with E-state index in [9.17, 15) is 14.7 Å². The second-order valence-electron chi connectivity index (χ2n) is 7.09. The van der Waals surface area contributed by atoms with Gasteiger partial charge in [-0.05, 0) is 18.9 Å². The van der Waals surface area contributed by atoms with Gasteiger partial charge in [0.05, 0.1) is 12.0 Å². The number of amides is 2. The molecule has 6 heteroatoms. The third-order valence-electron chi connectivity index (χ3n) is 5.68. The van der Waals surface area contributed by atoms with Crippen LogP contribution in [0.25, 0.3) is 0 Å². The minimum Gasteiger partial charge on any atom is -0.508 e. The Morgan fingerprint density at radius 1 is 1.08 bits per heavy atom. The van der Waals surface area contributed by atoms with Crippen LogP contribution in [0.15, 0.2) is 24.3 Å². The molecule has 3 fully saturated rings. The molecule has 3 aliphatic rings. The van der Waals surface area contributed by atoms with Crippen molar-refractivity contribution in [2.45, 2.75) is 50.2 Å². The lowest BCUT2D eigenvalue weighted by atomic mass is 9.90. The van der Waals surface area contributed by atoms with Gasteiger partial charge in [0.25, 0.3) is 0 Å². The van der Waals surface area contributed by atoms with E-state index in [4.69, 9.17) is 0 Å². The number of hydrogen-bond donors (Lipinski definition) is 2. The first-order chi connectivity index (χ1) is 11.6. The van der Waals surface area contributed by atoms with Crippen molar-refractivity contribution in [1.29, 1.82) is 0 Å². The van der Waals surface area contributed by atoms with Crippen LogP contribution >= 0.6 is 0 Å². The molecule has 0 bridgehead atoms. The zero-order valence-electron chi connectivity index (χ0n) is 13.8. The number of likely N-dealkylation sites (N-methyl/N-ethyl adjacent to an activating group) is 1. The van der Waals surface area contributed by atoms with Gasteiger partial charge >= 0.3 is 0 Å². The largest absolute Gasteiger partial charge is 0.508 e. The lowest BCUT2D eigenvalue weighted by molar-refractivity contribution is -0.144. The average molecular weight is 329 g/mol. The van der Waals surface area contributed by atoms with E-state index < -0.39 is 12.0 Å². The third kappa shape index (κ3) is 2.24. The summed E-state index contributed by atoms with van der Waals surface area (Å²) in [7, 11) is 1.80. The van der Waals surface area contributed by atoms with Crippen LogP contribution in [0.3, 0.4) is 0 Å². The molecule has 1 aromatic rings. The number of rotatable bonds is 2. The standard InChI is InChI=1S/C18H23N3O3/c1-20-16-14(15(19-20)12-9-5-6-10-13(12)22)17(23)21(18(16)24)11-7-3-2-4-8-11/h5-6,9-11,14-16,19,22H,2-4,7-8H2,1H3. The minimum atomic E-state index is -0.482. The van der Waals surface area contributed by atoms with Crippen molar-refractivity contribution in [2.75, 3.05) is 7.05 Å². The van der Waals surface area contributed by atoms with Gasteiger partial charge in [0, 0.05) is 18.7 Å². The Morgan fingerprint density at radius 2 is 1.79 bits per heavy atom. The zero-order valence-corrected chi connectivity index (χ0v) is 13.8. The summed E-state index contributed by atoms with van der Waals surface area (Å²) in [6, 6.07) is 6.21. The fraction of sp³-hybridized carbons (Fsp3) is 0.556. The van der Waals surface area contributed by atoms with E-state index in [1.54, 1.807) is 24.2 Å². The summed E-state index contributed by atoms with van der Waals surface area (Å²) < 4.78 is 0. The number of benzene rings is 1. The highest BCUT2D eigenvalue weighted by Gasteiger charge is 2.59. The smallest absolute Gasteiger partial charge is 0.249 e. The van der Waals surface area contributed by atoms with Crippen LogP contribution in [0.4, 0.5) is 0 Å². The molecule has 24 heavy (non-hydrogen) atoms. The Balaban J connectivity index is 1.67. The Labute approximate surface area is 141 Å². The molecule has 3 atom stereocenters. The van der Waals surface area contributed by atoms with Crippen LogP contribution in [-0.4, -0.2) is 46.0 Å². The fourth-order valence-corrected chi connectivity index (χ4v) is 4.52. The van der Waals surface area contributed by atoms with Crippen molar-refractivity contribution in [3.8, 4) is 5.75 Å². The quantitative estimate of drug-likeness (QED) is 0.806. The van der Waals surface area contributed by atoms with Gasteiger partial charge in [0.15, 0.2) is 0 Å². The molecule has 3 unspecified atom stereocenters. The first kappa shape index (κ1) is 15.6. The number of hydrogen-bond acceptors (Lipinski definition) is 5. The van der Waals surface area contributed by atoms with Crippen LogP contribution in [0, 0.1) is 5.92 Å². The van der Waals surface area contributed by atoms with Gasteiger partial charge in [-0.2, -0.15) is 0 Å². The molecule has 1 aromatic carbocycles. The first-order valence-corrected chi connectivity index (χ1v) is 8.73. The number of nitrogens with one attached hydrogen (secondary N) is 1. The summed E-state index contributed by atoms with van der Waals surface area (Å²) in [5.74, 6) is -0.509. The van der Waals surface area contributed by atoms with Gasteiger partial charge in [-0.25, -0.2) is 10.4 Å². The summed E-state index contributed by atoms with van der Waals surface area (Å²) in [6.45, 7) is 0. The van der Waals surface area contributed by atoms with Gasteiger partial charge in [0.2, 0.25) is 11.8 Å². The number of aromatic hydroxyl groups is 1. The van der Waals surface area contributed by atoms with E-state index >= 15 is 0 Å². The highest BCUT2D eigenvalue weighted by Crippen LogP contribution is 2.43. The number of imide groups is 1. The number of fused-ring (bicyclic) bond motifs is 1. The van der Waals surface area contributed by atoms with E-state index in [2.05, 4.69) is 5.43 Å². The van der Waals surface area contributed by atoms with E-state index in [-0.39, 0.29) is 29.6 Å². The van der Waals surface area contributed by atoms with E-state index in [1.165, 1.54) is 11.3 Å². The Bertz CT molecular complexity index is 671. The van der Waals surface area contributed by atoms with Crippen molar-refractivity contribution in [3.63, 3.8) is 0 Å². The predicted molar refractivity (Wildman–Crippen MR) is 87.8 cm³/mol. The molecule has 0 spiro atoms. The summed E-state index contributed by atoms with van der Waals surface area (Å²) in [5.41, 5.74) is 3.87. The second kappa shape index (κ2) is 5.86. The van der Waals surface area contributed by atoms with Crippen molar-refractivity contribution >= 4 is 11.8 Å². The lowest BCUT2D eigenvalue weighted by Crippen LogP contribution is -2.47. The van der Waals surface area contributed by atoms with E-state index in [0.717, 1.165) is 25.7 Å². The average Bonchev–Trinajstić information content (AvgIpc) is 3.05. The Hall–Kier alpha value is -1.92. The van der Waals surface area contributed by atoms with Gasteiger partial charge in [-0.1, -0.05) is 37.5 Å². The van der Waals surface area contributed by atoms with Crippen LogP contribution < -0.4 is 5.43 Å². The summed E-state index contributed by atoms with van der Waals surface area (Å²) >= 11 is 0. The predicted octanol–water partition coefficient (Wildman–Crippen LogP) is 1.57. The molecule has 1 aliphatic carbocycles. The summed E-state index contributed by atoms with van der Waals surface area (Å²) in [5, 5.41) is 11.9. The molecular formula is C18H23N3O3. The highest BCUT2D eigenvalue weighted by atomic mass is 16.3. The SMILES string of the molecule is CN1NC(c2ccccc2O)C2C(=O)N(C3CCCCC3)C(=O)C21. The molecule has 0 aromatic heterocycles. The maximum absolute atomic E-state index is 13.1. The summed E-state index contributed by atoms with van der Waals surface area (Å²) in [4.78, 5) is 27.6. The number of carbonyl (C=O) groups is 2. The molecular weight excluding hydrogens is 306 g/mol. The fourth-order valence-electron chi connectivity index (χ4n) is 4.52. The number of para-hydroxylation sites is 1. The number of carbonyl (C=O) groups excluding carboxylic acids is 2. The van der Waals surface area contributed by atoms with E-state index in [1.807, 2.05) is 12.1 Å². The number of phenols is 1. The maximum atomic E-state index is 13.1. The topological polar surface area (TPSA) is 72.9 Å². The molecule has 6 nitrogen and oxygen atoms in total. The normalized spacial score (nSPS) is 31.7. The van der Waals surface area contributed by atoms with Crippen molar-refractivity contribution in [3.05, 3.63) is 29.8 Å². The maximum Gasteiger partial charge on any atom is 0.249 e.